The van der Waals surface area contributed by atoms with Crippen molar-refractivity contribution in [3.8, 4) is 5.75 Å². The lowest BCUT2D eigenvalue weighted by molar-refractivity contribution is 0.102. The molecule has 3 rings (SSSR count). The molecule has 3 heteroatoms. The van der Waals surface area contributed by atoms with Crippen LogP contribution in [0.2, 0.25) is 0 Å². The fraction of sp³-hybridized carbons (Fsp3) is 0.105. The van der Waals surface area contributed by atoms with Crippen molar-refractivity contribution in [1.29, 1.82) is 0 Å². The molecule has 0 aromatic heterocycles. The first-order chi connectivity index (χ1) is 10.8. The van der Waals surface area contributed by atoms with Gasteiger partial charge >= 0.3 is 0 Å². The Balaban J connectivity index is 1.86. The SMILES string of the molecule is CCOc1ccccc1C(=O)Nc1ccc2ccccc2c1. The highest BCUT2D eigenvalue weighted by molar-refractivity contribution is 6.07. The molecule has 0 aliphatic heterocycles. The van der Waals surface area contributed by atoms with Crippen LogP contribution < -0.4 is 10.1 Å². The summed E-state index contributed by atoms with van der Waals surface area (Å²) >= 11 is 0. The van der Waals surface area contributed by atoms with Crippen LogP contribution in [0.15, 0.2) is 66.7 Å². The molecule has 0 bridgehead atoms. The Morgan fingerprint density at radius 3 is 2.50 bits per heavy atom. The molecule has 0 atom stereocenters. The van der Waals surface area contributed by atoms with E-state index in [0.29, 0.717) is 17.9 Å². The molecule has 22 heavy (non-hydrogen) atoms. The molecule has 0 aliphatic carbocycles. The van der Waals surface area contributed by atoms with E-state index in [4.69, 9.17) is 4.74 Å². The lowest BCUT2D eigenvalue weighted by atomic mass is 10.1. The van der Waals surface area contributed by atoms with E-state index in [1.54, 1.807) is 12.1 Å². The van der Waals surface area contributed by atoms with Crippen molar-refractivity contribution in [2.45, 2.75) is 6.92 Å². The first kappa shape index (κ1) is 14.1. The highest BCUT2D eigenvalue weighted by atomic mass is 16.5. The molecule has 0 fully saturated rings. The van der Waals surface area contributed by atoms with E-state index in [0.717, 1.165) is 16.5 Å². The Bertz CT molecular complexity index is 811. The molecule has 0 heterocycles. The quantitative estimate of drug-likeness (QED) is 0.769. The highest BCUT2D eigenvalue weighted by Gasteiger charge is 2.12. The minimum atomic E-state index is -0.167. The Hall–Kier alpha value is -2.81. The molecule has 3 nitrogen and oxygen atoms in total. The number of ether oxygens (including phenoxy) is 1. The maximum Gasteiger partial charge on any atom is 0.259 e. The van der Waals surface area contributed by atoms with Gasteiger partial charge in [-0.3, -0.25) is 4.79 Å². The van der Waals surface area contributed by atoms with E-state index in [9.17, 15) is 4.79 Å². The number of para-hydroxylation sites is 1. The molecule has 110 valence electrons. The van der Waals surface area contributed by atoms with Crippen molar-refractivity contribution in [3.05, 3.63) is 72.3 Å². The van der Waals surface area contributed by atoms with E-state index < -0.39 is 0 Å². The van der Waals surface area contributed by atoms with Gasteiger partial charge in [-0.1, -0.05) is 42.5 Å². The van der Waals surface area contributed by atoms with Crippen LogP contribution in [0.3, 0.4) is 0 Å². The van der Waals surface area contributed by atoms with E-state index >= 15 is 0 Å². The number of fused-ring (bicyclic) bond motifs is 1. The lowest BCUT2D eigenvalue weighted by Crippen LogP contribution is -2.13. The molecule has 3 aromatic carbocycles. The van der Waals surface area contributed by atoms with Crippen molar-refractivity contribution in [3.63, 3.8) is 0 Å². The predicted octanol–water partition coefficient (Wildman–Crippen LogP) is 4.49. The fourth-order valence-electron chi connectivity index (χ4n) is 2.40. The Labute approximate surface area is 129 Å². The second-order valence-corrected chi connectivity index (χ2v) is 4.95. The molecule has 0 spiro atoms. The number of rotatable bonds is 4. The standard InChI is InChI=1S/C19H17NO2/c1-2-22-18-10-6-5-9-17(18)19(21)20-16-12-11-14-7-3-4-8-15(14)13-16/h3-13H,2H2,1H3,(H,20,21). The van der Waals surface area contributed by atoms with Crippen LogP contribution in [0, 0.1) is 0 Å². The summed E-state index contributed by atoms with van der Waals surface area (Å²) in [5.74, 6) is 0.433. The summed E-state index contributed by atoms with van der Waals surface area (Å²) in [6, 6.07) is 21.2. The van der Waals surface area contributed by atoms with Gasteiger partial charge in [-0.05, 0) is 42.0 Å². The van der Waals surface area contributed by atoms with Crippen molar-refractivity contribution < 1.29 is 9.53 Å². The molecule has 0 unspecified atom stereocenters. The van der Waals surface area contributed by atoms with Gasteiger partial charge < -0.3 is 10.1 Å². The minimum Gasteiger partial charge on any atom is -0.493 e. The summed E-state index contributed by atoms with van der Waals surface area (Å²) in [7, 11) is 0. The number of hydrogen-bond acceptors (Lipinski definition) is 2. The largest absolute Gasteiger partial charge is 0.493 e. The highest BCUT2D eigenvalue weighted by Crippen LogP contribution is 2.22. The van der Waals surface area contributed by atoms with Crippen LogP contribution in [0.5, 0.6) is 5.75 Å². The second-order valence-electron chi connectivity index (χ2n) is 4.95. The number of carbonyl (C=O) groups excluding carboxylic acids is 1. The number of carbonyl (C=O) groups is 1. The molecule has 0 saturated carbocycles. The molecule has 0 saturated heterocycles. The van der Waals surface area contributed by atoms with Crippen molar-refractivity contribution in [2.24, 2.45) is 0 Å². The third-order valence-electron chi connectivity index (χ3n) is 3.44. The smallest absolute Gasteiger partial charge is 0.259 e. The third-order valence-corrected chi connectivity index (χ3v) is 3.44. The molecule has 1 amide bonds. The Kier molecular flexibility index (Phi) is 4.05. The van der Waals surface area contributed by atoms with Crippen LogP contribution in [0.1, 0.15) is 17.3 Å². The summed E-state index contributed by atoms with van der Waals surface area (Å²) in [4.78, 5) is 12.5. The van der Waals surface area contributed by atoms with Crippen molar-refractivity contribution in [1.82, 2.24) is 0 Å². The number of amides is 1. The van der Waals surface area contributed by atoms with Gasteiger partial charge in [0, 0.05) is 5.69 Å². The van der Waals surface area contributed by atoms with Crippen LogP contribution in [0.4, 0.5) is 5.69 Å². The topological polar surface area (TPSA) is 38.3 Å². The third kappa shape index (κ3) is 2.93. The van der Waals surface area contributed by atoms with Crippen LogP contribution >= 0.6 is 0 Å². The number of anilines is 1. The van der Waals surface area contributed by atoms with Crippen LogP contribution in [-0.4, -0.2) is 12.5 Å². The molecular formula is C19H17NO2. The average molecular weight is 291 g/mol. The lowest BCUT2D eigenvalue weighted by Gasteiger charge is -2.11. The summed E-state index contributed by atoms with van der Waals surface area (Å²) in [5.41, 5.74) is 1.31. The predicted molar refractivity (Wildman–Crippen MR) is 89.5 cm³/mol. The molecule has 0 radical (unpaired) electrons. The Morgan fingerprint density at radius 2 is 1.68 bits per heavy atom. The van der Waals surface area contributed by atoms with Gasteiger partial charge in [-0.2, -0.15) is 0 Å². The molecule has 0 aliphatic rings. The zero-order valence-electron chi connectivity index (χ0n) is 12.4. The average Bonchev–Trinajstić information content (AvgIpc) is 2.55. The zero-order chi connectivity index (χ0) is 15.4. The van der Waals surface area contributed by atoms with E-state index in [-0.39, 0.29) is 5.91 Å². The van der Waals surface area contributed by atoms with Gasteiger partial charge in [0.15, 0.2) is 0 Å². The summed E-state index contributed by atoms with van der Waals surface area (Å²) in [6.07, 6.45) is 0. The van der Waals surface area contributed by atoms with Crippen LogP contribution in [-0.2, 0) is 0 Å². The van der Waals surface area contributed by atoms with Gasteiger partial charge in [0.25, 0.3) is 5.91 Å². The van der Waals surface area contributed by atoms with Crippen molar-refractivity contribution in [2.75, 3.05) is 11.9 Å². The second kappa shape index (κ2) is 6.31. The summed E-state index contributed by atoms with van der Waals surface area (Å²) in [5, 5.41) is 5.17. The Morgan fingerprint density at radius 1 is 0.955 bits per heavy atom. The fourth-order valence-corrected chi connectivity index (χ4v) is 2.40. The van der Waals surface area contributed by atoms with Gasteiger partial charge in [-0.25, -0.2) is 0 Å². The minimum absolute atomic E-state index is 0.167. The normalized spacial score (nSPS) is 10.4. The van der Waals surface area contributed by atoms with Gasteiger partial charge in [0.1, 0.15) is 5.75 Å². The zero-order valence-corrected chi connectivity index (χ0v) is 12.4. The molecule has 1 N–H and O–H groups in total. The summed E-state index contributed by atoms with van der Waals surface area (Å²) in [6.45, 7) is 2.43. The number of benzene rings is 3. The van der Waals surface area contributed by atoms with E-state index in [1.165, 1.54) is 0 Å². The maximum atomic E-state index is 12.5. The molecule has 3 aromatic rings. The first-order valence-corrected chi connectivity index (χ1v) is 7.30. The van der Waals surface area contributed by atoms with Crippen LogP contribution in [0.25, 0.3) is 10.8 Å². The number of hydrogen-bond donors (Lipinski definition) is 1. The van der Waals surface area contributed by atoms with Gasteiger partial charge in [0.05, 0.1) is 12.2 Å². The number of nitrogens with one attached hydrogen (secondary N) is 1. The monoisotopic (exact) mass is 291 g/mol. The van der Waals surface area contributed by atoms with E-state index in [1.807, 2.05) is 61.5 Å². The first-order valence-electron chi connectivity index (χ1n) is 7.30. The van der Waals surface area contributed by atoms with Gasteiger partial charge in [-0.15, -0.1) is 0 Å². The molecular weight excluding hydrogens is 274 g/mol. The van der Waals surface area contributed by atoms with E-state index in [2.05, 4.69) is 5.32 Å². The maximum absolute atomic E-state index is 12.5. The summed E-state index contributed by atoms with van der Waals surface area (Å²) < 4.78 is 5.51. The van der Waals surface area contributed by atoms with Crippen molar-refractivity contribution >= 4 is 22.4 Å². The van der Waals surface area contributed by atoms with Gasteiger partial charge in [0.2, 0.25) is 0 Å².